The molecule has 4 rings (SSSR count). The van der Waals surface area contributed by atoms with E-state index in [2.05, 4.69) is 32.6 Å². The summed E-state index contributed by atoms with van der Waals surface area (Å²) in [7, 11) is -1.32. The van der Waals surface area contributed by atoms with Gasteiger partial charge in [-0.15, -0.1) is 11.6 Å². The molecule has 41 heavy (non-hydrogen) atoms. The van der Waals surface area contributed by atoms with E-state index in [1.807, 2.05) is 54.3 Å². The fourth-order valence-electron chi connectivity index (χ4n) is 6.46. The maximum absolute atomic E-state index is 15.2. The molecule has 222 valence electrons. The number of nitrogens with zero attached hydrogens (tertiary/aromatic N) is 2. The minimum absolute atomic E-state index is 0.0108. The molecule has 2 aliphatic heterocycles. The lowest BCUT2D eigenvalue weighted by Gasteiger charge is -2.52. The SMILES string of the molecule is C/C=C(\CC)[C@H]1N(CCCCl)C(=O)C[C@@H](c2cccc(Cl)c2)[C@]12C(=O)N(COCC[Si](C)(C)C)c1cc(Cl)ccc12. The Morgan fingerprint density at radius 2 is 1.85 bits per heavy atom. The van der Waals surface area contributed by atoms with Crippen LogP contribution in [0.2, 0.25) is 35.7 Å². The monoisotopic (exact) mass is 634 g/mol. The van der Waals surface area contributed by atoms with Gasteiger partial charge in [0, 0.05) is 49.5 Å². The van der Waals surface area contributed by atoms with E-state index >= 15 is 4.79 Å². The standard InChI is InChI=1S/C32H41Cl3N2O3Si/c1-6-22(7-2)30-32(27(23-10-8-11-24(34)18-23)20-29(38)36(30)15-9-14-33)26-13-12-25(35)19-28(26)37(31(32)39)21-40-16-17-41(3,4)5/h6,8,10-13,18-19,27,30H,7,9,14-17,20-21H2,1-5H3/b22-6+/t27-,30+,32-/m0/s1. The van der Waals surface area contributed by atoms with Crippen molar-refractivity contribution in [3.8, 4) is 0 Å². The first-order valence-corrected chi connectivity index (χ1v) is 19.4. The van der Waals surface area contributed by atoms with Gasteiger partial charge >= 0.3 is 0 Å². The zero-order chi connectivity index (χ0) is 29.9. The Balaban J connectivity index is 1.96. The lowest BCUT2D eigenvalue weighted by molar-refractivity contribution is -0.144. The molecule has 2 amide bonds. The molecule has 0 aliphatic carbocycles. The van der Waals surface area contributed by atoms with Crippen LogP contribution in [0.3, 0.4) is 0 Å². The first-order valence-electron chi connectivity index (χ1n) is 14.4. The van der Waals surface area contributed by atoms with Crippen molar-refractivity contribution in [2.24, 2.45) is 0 Å². The van der Waals surface area contributed by atoms with Gasteiger partial charge in [-0.1, -0.05) is 79.6 Å². The molecule has 1 fully saturated rings. The maximum atomic E-state index is 15.2. The lowest BCUT2D eigenvalue weighted by atomic mass is 9.58. The lowest BCUT2D eigenvalue weighted by Crippen LogP contribution is -2.65. The normalized spacial score (nSPS) is 23.1. The van der Waals surface area contributed by atoms with Gasteiger partial charge in [0.25, 0.3) is 0 Å². The average molecular weight is 636 g/mol. The van der Waals surface area contributed by atoms with Crippen molar-refractivity contribution in [3.63, 3.8) is 0 Å². The number of piperidine rings is 1. The summed E-state index contributed by atoms with van der Waals surface area (Å²) in [5.41, 5.74) is 2.42. The van der Waals surface area contributed by atoms with Gasteiger partial charge in [-0.2, -0.15) is 0 Å². The molecular weight excluding hydrogens is 595 g/mol. The molecule has 1 spiro atoms. The first-order chi connectivity index (χ1) is 19.5. The molecule has 0 saturated carbocycles. The topological polar surface area (TPSA) is 49.9 Å². The quantitative estimate of drug-likeness (QED) is 0.108. The minimum atomic E-state index is -1.32. The highest BCUT2D eigenvalue weighted by atomic mass is 35.5. The number of hydrogen-bond acceptors (Lipinski definition) is 3. The first kappa shape index (κ1) is 32.1. The third-order valence-corrected chi connectivity index (χ3v) is 10.9. The van der Waals surface area contributed by atoms with E-state index in [1.54, 1.807) is 4.90 Å². The fraction of sp³-hybridized carbons (Fsp3) is 0.500. The van der Waals surface area contributed by atoms with Crippen molar-refractivity contribution in [1.82, 2.24) is 4.90 Å². The molecular formula is C32H41Cl3N2O3Si. The Hall–Kier alpha value is -1.83. The third kappa shape index (κ3) is 6.28. The number of fused-ring (bicyclic) bond motifs is 2. The number of allylic oxidation sites excluding steroid dienone is 1. The Bertz CT molecular complexity index is 1310. The van der Waals surface area contributed by atoms with Crippen molar-refractivity contribution in [3.05, 3.63) is 75.3 Å². The summed E-state index contributed by atoms with van der Waals surface area (Å²) in [6, 6.07) is 13.8. The van der Waals surface area contributed by atoms with Gasteiger partial charge in [-0.3, -0.25) is 14.5 Å². The predicted molar refractivity (Wildman–Crippen MR) is 173 cm³/mol. The van der Waals surface area contributed by atoms with Crippen molar-refractivity contribution in [1.29, 1.82) is 0 Å². The number of ether oxygens (including phenoxy) is 1. The Kier molecular flexibility index (Phi) is 10.3. The fourth-order valence-corrected chi connectivity index (χ4v) is 7.70. The summed E-state index contributed by atoms with van der Waals surface area (Å²) in [4.78, 5) is 32.8. The second-order valence-corrected chi connectivity index (χ2v) is 19.0. The van der Waals surface area contributed by atoms with Crippen molar-refractivity contribution in [2.45, 2.75) is 76.2 Å². The summed E-state index contributed by atoms with van der Waals surface area (Å²) in [5, 5.41) is 1.12. The summed E-state index contributed by atoms with van der Waals surface area (Å²) in [5.74, 6) is -0.0761. The van der Waals surface area contributed by atoms with Crippen LogP contribution in [0.1, 0.15) is 50.2 Å². The van der Waals surface area contributed by atoms with E-state index in [0.29, 0.717) is 41.9 Å². The molecule has 0 unspecified atom stereocenters. The number of amides is 2. The van der Waals surface area contributed by atoms with Gasteiger partial charge in [-0.25, -0.2) is 0 Å². The number of alkyl halides is 1. The highest BCUT2D eigenvalue weighted by Gasteiger charge is 2.65. The number of anilines is 1. The van der Waals surface area contributed by atoms with Crippen LogP contribution < -0.4 is 4.90 Å². The van der Waals surface area contributed by atoms with Gasteiger partial charge in [0.2, 0.25) is 11.8 Å². The number of carbonyl (C=O) groups excluding carboxylic acids is 2. The largest absolute Gasteiger partial charge is 0.361 e. The van der Waals surface area contributed by atoms with Crippen molar-refractivity contribution < 1.29 is 14.3 Å². The van der Waals surface area contributed by atoms with Crippen LogP contribution in [0.25, 0.3) is 0 Å². The minimum Gasteiger partial charge on any atom is -0.361 e. The second-order valence-electron chi connectivity index (χ2n) is 12.2. The summed E-state index contributed by atoms with van der Waals surface area (Å²) in [6.45, 7) is 12.2. The zero-order valence-corrected chi connectivity index (χ0v) is 28.0. The number of carbonyl (C=O) groups is 2. The summed E-state index contributed by atoms with van der Waals surface area (Å²) >= 11 is 19.2. The molecule has 0 bridgehead atoms. The van der Waals surface area contributed by atoms with E-state index in [1.165, 1.54) is 0 Å². The van der Waals surface area contributed by atoms with Gasteiger partial charge in [0.15, 0.2) is 0 Å². The Morgan fingerprint density at radius 3 is 2.49 bits per heavy atom. The maximum Gasteiger partial charge on any atom is 0.242 e. The number of rotatable bonds is 11. The highest BCUT2D eigenvalue weighted by molar-refractivity contribution is 6.76. The molecule has 0 aromatic heterocycles. The van der Waals surface area contributed by atoms with E-state index in [0.717, 1.165) is 28.4 Å². The molecule has 3 atom stereocenters. The molecule has 2 aliphatic rings. The Morgan fingerprint density at radius 1 is 1.12 bits per heavy atom. The predicted octanol–water partition coefficient (Wildman–Crippen LogP) is 8.26. The molecule has 2 heterocycles. The Labute approximate surface area is 260 Å². The van der Waals surface area contributed by atoms with Crippen LogP contribution in [0, 0.1) is 0 Å². The molecule has 9 heteroatoms. The second kappa shape index (κ2) is 13.2. The molecule has 2 aromatic rings. The van der Waals surface area contributed by atoms with Crippen molar-refractivity contribution >= 4 is 60.4 Å². The van der Waals surface area contributed by atoms with Crippen LogP contribution in [0.15, 0.2) is 54.1 Å². The van der Waals surface area contributed by atoms with E-state index in [-0.39, 0.29) is 25.0 Å². The smallest absolute Gasteiger partial charge is 0.242 e. The van der Waals surface area contributed by atoms with E-state index in [4.69, 9.17) is 39.5 Å². The highest BCUT2D eigenvalue weighted by Crippen LogP contribution is 2.58. The van der Waals surface area contributed by atoms with Gasteiger partial charge in [0.05, 0.1) is 11.7 Å². The number of halogens is 3. The molecule has 1 saturated heterocycles. The van der Waals surface area contributed by atoms with Crippen LogP contribution in [0.5, 0.6) is 0 Å². The molecule has 5 nitrogen and oxygen atoms in total. The number of hydrogen-bond donors (Lipinski definition) is 0. The van der Waals surface area contributed by atoms with E-state index < -0.39 is 25.4 Å². The number of benzene rings is 2. The van der Waals surface area contributed by atoms with Gasteiger partial charge in [0.1, 0.15) is 12.1 Å². The summed E-state index contributed by atoms with van der Waals surface area (Å²) in [6.07, 6.45) is 3.56. The zero-order valence-electron chi connectivity index (χ0n) is 24.7. The molecule has 0 radical (unpaired) electrons. The van der Waals surface area contributed by atoms with Crippen LogP contribution >= 0.6 is 34.8 Å². The summed E-state index contributed by atoms with van der Waals surface area (Å²) < 4.78 is 6.18. The van der Waals surface area contributed by atoms with Crippen LogP contribution in [0.4, 0.5) is 5.69 Å². The van der Waals surface area contributed by atoms with Crippen molar-refractivity contribution in [2.75, 3.05) is 30.7 Å². The number of likely N-dealkylation sites (tertiary alicyclic amines) is 1. The van der Waals surface area contributed by atoms with E-state index in [9.17, 15) is 4.79 Å². The molecule has 2 aromatic carbocycles. The van der Waals surface area contributed by atoms with Crippen LogP contribution in [-0.2, 0) is 19.7 Å². The molecule has 0 N–H and O–H groups in total. The van der Waals surface area contributed by atoms with Gasteiger partial charge in [-0.05, 0) is 61.2 Å². The third-order valence-electron chi connectivity index (χ3n) is 8.42. The average Bonchev–Trinajstić information content (AvgIpc) is 3.15. The van der Waals surface area contributed by atoms with Gasteiger partial charge < -0.3 is 9.64 Å². The van der Waals surface area contributed by atoms with Crippen LogP contribution in [-0.4, -0.2) is 56.6 Å².